The molecule has 6 rings (SSSR count). The van der Waals surface area contributed by atoms with Crippen LogP contribution in [0.15, 0.2) is 112 Å². The van der Waals surface area contributed by atoms with Crippen LogP contribution in [0.4, 0.5) is 35.1 Å². The highest BCUT2D eigenvalue weighted by Crippen LogP contribution is 2.24. The van der Waals surface area contributed by atoms with Crippen LogP contribution in [-0.4, -0.2) is 78.1 Å². The highest BCUT2D eigenvalue weighted by Gasteiger charge is 2.29. The van der Waals surface area contributed by atoms with Crippen LogP contribution in [-0.2, 0) is 0 Å². The van der Waals surface area contributed by atoms with Crippen LogP contribution in [0.2, 0.25) is 0 Å². The number of nitrogens with one attached hydrogen (secondary N) is 1. The van der Waals surface area contributed by atoms with Crippen molar-refractivity contribution in [1.29, 1.82) is 0 Å². The zero-order valence-corrected chi connectivity index (χ0v) is 28.0. The molecule has 0 aliphatic heterocycles. The van der Waals surface area contributed by atoms with Crippen molar-refractivity contribution in [1.82, 2.24) is 39.5 Å². The smallest absolute Gasteiger partial charge is 0.422 e. The standard InChI is InChI=1S/C18H13F5N4O3.C16H11F3N4O3/c19-15(20)9-29-17-26-14(11-5-6-24-25-8-11)7-16(28)27(17)12-1-3-13(4-2-12)30-10-18(21,22)23;17-16(18,19)9-26-12-3-1-11(2-4-12)23-14(24)7-13(22-15(23)25)10-5-6-20-21-8-10/h1-8,15H,9-10H2;1-8H,9H2,(H,22,25). The first-order valence-electron chi connectivity index (χ1n) is 15.6. The van der Waals surface area contributed by atoms with E-state index < -0.39 is 61.4 Å². The minimum Gasteiger partial charge on any atom is -0.484 e. The molecule has 0 aliphatic carbocycles. The Labute approximate surface area is 307 Å². The zero-order valence-electron chi connectivity index (χ0n) is 28.0. The van der Waals surface area contributed by atoms with E-state index in [0.717, 1.165) is 15.2 Å². The van der Waals surface area contributed by atoms with E-state index >= 15 is 0 Å². The fourth-order valence-corrected chi connectivity index (χ4v) is 4.58. The quantitative estimate of drug-likeness (QED) is 0.171. The number of nitrogens with zero attached hydrogens (tertiary/aromatic N) is 7. The van der Waals surface area contributed by atoms with Gasteiger partial charge in [-0.1, -0.05) is 0 Å². The van der Waals surface area contributed by atoms with Gasteiger partial charge >= 0.3 is 24.1 Å². The van der Waals surface area contributed by atoms with Gasteiger partial charge in [0.1, 0.15) is 11.5 Å². The lowest BCUT2D eigenvalue weighted by Crippen LogP contribution is -2.33. The maximum absolute atomic E-state index is 12.7. The molecule has 0 aliphatic rings. The average molecular weight is 793 g/mol. The molecule has 0 unspecified atom stereocenters. The first-order valence-corrected chi connectivity index (χ1v) is 15.6. The van der Waals surface area contributed by atoms with Crippen molar-refractivity contribution < 1.29 is 49.3 Å². The van der Waals surface area contributed by atoms with E-state index in [4.69, 9.17) is 4.74 Å². The normalized spacial score (nSPS) is 11.4. The van der Waals surface area contributed by atoms with Gasteiger partial charge in [-0.2, -0.15) is 51.7 Å². The second-order valence-electron chi connectivity index (χ2n) is 11.0. The number of aromatic nitrogens is 8. The molecular formula is C34H24F8N8O6. The van der Waals surface area contributed by atoms with Gasteiger partial charge in [0.25, 0.3) is 17.5 Å². The second-order valence-corrected chi connectivity index (χ2v) is 11.0. The van der Waals surface area contributed by atoms with E-state index in [1.165, 1.54) is 85.5 Å². The third-order valence-electron chi connectivity index (χ3n) is 6.93. The number of halogens is 8. The minimum absolute atomic E-state index is 0.0324. The second kappa shape index (κ2) is 17.4. The monoisotopic (exact) mass is 792 g/mol. The molecule has 0 fully saturated rings. The van der Waals surface area contributed by atoms with Gasteiger partial charge in [-0.05, 0) is 60.7 Å². The molecular weight excluding hydrogens is 768 g/mol. The maximum atomic E-state index is 12.7. The van der Waals surface area contributed by atoms with Gasteiger partial charge in [-0.25, -0.2) is 22.7 Å². The largest absolute Gasteiger partial charge is 0.484 e. The molecule has 0 saturated heterocycles. The van der Waals surface area contributed by atoms with E-state index in [9.17, 15) is 49.5 Å². The topological polar surface area (TPSA) is 169 Å². The van der Waals surface area contributed by atoms with E-state index in [2.05, 4.69) is 39.8 Å². The van der Waals surface area contributed by atoms with Gasteiger partial charge in [0, 0.05) is 23.3 Å². The summed E-state index contributed by atoms with van der Waals surface area (Å²) < 4.78 is 114. The molecule has 1 N–H and O–H groups in total. The van der Waals surface area contributed by atoms with Gasteiger partial charge in [-0.15, -0.1) is 0 Å². The average Bonchev–Trinajstić information content (AvgIpc) is 3.16. The Hall–Kier alpha value is -7.00. The maximum Gasteiger partial charge on any atom is 0.422 e. The Bertz CT molecular complexity index is 2360. The lowest BCUT2D eigenvalue weighted by molar-refractivity contribution is -0.154. The Morgan fingerprint density at radius 1 is 0.625 bits per heavy atom. The molecule has 0 radical (unpaired) electrons. The fourth-order valence-electron chi connectivity index (χ4n) is 4.58. The summed E-state index contributed by atoms with van der Waals surface area (Å²) in [6, 6.07) is 15.1. The molecule has 56 heavy (non-hydrogen) atoms. The number of hydrogen-bond donors (Lipinski definition) is 1. The number of benzene rings is 2. The van der Waals surface area contributed by atoms with Crippen LogP contribution >= 0.6 is 0 Å². The van der Waals surface area contributed by atoms with Gasteiger partial charge < -0.3 is 19.2 Å². The molecule has 0 amide bonds. The molecule has 22 heteroatoms. The first kappa shape index (κ1) is 40.2. The summed E-state index contributed by atoms with van der Waals surface area (Å²) in [6.45, 7) is -3.93. The number of hydrogen-bond acceptors (Lipinski definition) is 11. The summed E-state index contributed by atoms with van der Waals surface area (Å²) in [5.74, 6) is -0.123. The van der Waals surface area contributed by atoms with Crippen LogP contribution < -0.4 is 31.0 Å². The third kappa shape index (κ3) is 11.3. The van der Waals surface area contributed by atoms with E-state index in [1.807, 2.05) is 0 Å². The predicted molar refractivity (Wildman–Crippen MR) is 179 cm³/mol. The van der Waals surface area contributed by atoms with Crippen molar-refractivity contribution >= 4 is 0 Å². The number of H-pyrrole nitrogens is 1. The van der Waals surface area contributed by atoms with Crippen LogP contribution in [0.5, 0.6) is 17.5 Å². The zero-order chi connectivity index (χ0) is 40.5. The number of rotatable bonds is 11. The van der Waals surface area contributed by atoms with E-state index in [1.54, 1.807) is 6.07 Å². The van der Waals surface area contributed by atoms with Gasteiger partial charge in [0.05, 0.1) is 47.6 Å². The summed E-state index contributed by atoms with van der Waals surface area (Å²) in [5.41, 5.74) is -0.325. The Balaban J connectivity index is 0.000000216. The molecule has 4 heterocycles. The highest BCUT2D eigenvalue weighted by atomic mass is 19.4. The molecule has 292 valence electrons. The van der Waals surface area contributed by atoms with E-state index in [-0.39, 0.29) is 34.3 Å². The van der Waals surface area contributed by atoms with Crippen molar-refractivity contribution in [2.24, 2.45) is 0 Å². The van der Waals surface area contributed by atoms with Crippen molar-refractivity contribution in [3.8, 4) is 51.4 Å². The van der Waals surface area contributed by atoms with Gasteiger partial charge in [-0.3, -0.25) is 9.59 Å². The number of alkyl halides is 8. The third-order valence-corrected chi connectivity index (χ3v) is 6.93. The highest BCUT2D eigenvalue weighted by molar-refractivity contribution is 5.58. The summed E-state index contributed by atoms with van der Waals surface area (Å²) in [4.78, 5) is 43.9. The van der Waals surface area contributed by atoms with Crippen LogP contribution in [0.25, 0.3) is 33.9 Å². The summed E-state index contributed by atoms with van der Waals surface area (Å²) in [7, 11) is 0. The molecule has 0 bridgehead atoms. The lowest BCUT2D eigenvalue weighted by Gasteiger charge is -2.15. The van der Waals surface area contributed by atoms with Gasteiger partial charge in [0.15, 0.2) is 19.8 Å². The molecule has 0 atom stereocenters. The fraction of sp³-hybridized carbons (Fsp3) is 0.176. The van der Waals surface area contributed by atoms with Crippen molar-refractivity contribution in [2.75, 3.05) is 19.8 Å². The van der Waals surface area contributed by atoms with Crippen LogP contribution in [0, 0.1) is 0 Å². The Morgan fingerprint density at radius 2 is 1.12 bits per heavy atom. The lowest BCUT2D eigenvalue weighted by atomic mass is 10.2. The predicted octanol–water partition coefficient (Wildman–Crippen LogP) is 5.20. The SMILES string of the molecule is O=c1cc(-c2ccnnc2)[nH]c(=O)n1-c1ccc(OCC(F)(F)F)cc1.O=c1cc(-c2ccnnc2)nc(OCC(F)F)n1-c1ccc(OCC(F)(F)F)cc1. The van der Waals surface area contributed by atoms with Crippen molar-refractivity contribution in [2.45, 2.75) is 18.8 Å². The Kier molecular flexibility index (Phi) is 12.5. The molecule has 2 aromatic carbocycles. The first-order chi connectivity index (χ1) is 26.6. The van der Waals surface area contributed by atoms with Crippen molar-refractivity contribution in [3.05, 3.63) is 129 Å². The Morgan fingerprint density at radius 3 is 1.59 bits per heavy atom. The van der Waals surface area contributed by atoms with Crippen LogP contribution in [0.1, 0.15) is 0 Å². The van der Waals surface area contributed by atoms with E-state index in [0.29, 0.717) is 11.1 Å². The van der Waals surface area contributed by atoms with Gasteiger partial charge in [0.2, 0.25) is 0 Å². The molecule has 0 saturated carbocycles. The van der Waals surface area contributed by atoms with Crippen molar-refractivity contribution in [3.63, 3.8) is 0 Å². The minimum atomic E-state index is -4.51. The molecule has 4 aromatic heterocycles. The molecule has 6 aromatic rings. The number of ether oxygens (including phenoxy) is 3. The number of aromatic amines is 1. The summed E-state index contributed by atoms with van der Waals surface area (Å²) in [6.07, 6.45) is -6.28. The summed E-state index contributed by atoms with van der Waals surface area (Å²) in [5, 5.41) is 14.6. The molecule has 14 nitrogen and oxygen atoms in total. The summed E-state index contributed by atoms with van der Waals surface area (Å²) >= 11 is 0. The van der Waals surface area contributed by atoms with Crippen LogP contribution in [0.3, 0.4) is 0 Å². The molecule has 0 spiro atoms.